The number of ketones is 3. The third kappa shape index (κ3) is 15.9. The first-order valence-corrected chi connectivity index (χ1v) is 40.6. The highest BCUT2D eigenvalue weighted by atomic mass is 16.5. The molecule has 0 bridgehead atoms. The average Bonchev–Trinajstić information content (AvgIpc) is 0.738. The summed E-state index contributed by atoms with van der Waals surface area (Å²) in [6.45, 7) is 32.7. The Morgan fingerprint density at radius 2 is 0.717 bits per heavy atom. The molecule has 4 N–H and O–H groups in total. The van der Waals surface area contributed by atoms with E-state index in [4.69, 9.17) is 54.8 Å². The molecule has 9 aromatic carbocycles. The number of hydrogen-bond donors (Lipinski definition) is 2. The molecule has 0 amide bonds. The Morgan fingerprint density at radius 1 is 0.375 bits per heavy atom. The number of rotatable bonds is 15. The first kappa shape index (κ1) is 80.9. The molecule has 0 fully saturated rings. The Hall–Kier alpha value is -12.9. The number of aryl methyl sites for hydroxylation is 4. The number of anilines is 2. The van der Waals surface area contributed by atoms with Gasteiger partial charge in [-0.1, -0.05) is 54.6 Å². The van der Waals surface area contributed by atoms with Gasteiger partial charge in [-0.3, -0.25) is 29.3 Å². The number of aromatic nitrogens is 9. The third-order valence-corrected chi connectivity index (χ3v) is 22.3. The lowest BCUT2D eigenvalue weighted by Gasteiger charge is -2.30. The van der Waals surface area contributed by atoms with Crippen LogP contribution in [0.15, 0.2) is 183 Å². The molecule has 20 nitrogen and oxygen atoms in total. The zero-order valence-corrected chi connectivity index (χ0v) is 70.6. The summed E-state index contributed by atoms with van der Waals surface area (Å²) in [7, 11) is 0. The molecular formula is C100H97N11O9. The number of nitrogens with zero attached hydrogens (tertiary/aromatic N) is 9. The molecule has 20 heteroatoms. The molecule has 0 unspecified atom stereocenters. The van der Waals surface area contributed by atoms with Crippen molar-refractivity contribution in [2.45, 2.75) is 165 Å². The minimum atomic E-state index is -0.751. The zero-order chi connectivity index (χ0) is 84.5. The smallest absolute Gasteiger partial charge is 0.219 e. The van der Waals surface area contributed by atoms with Crippen LogP contribution in [0.25, 0.3) is 132 Å². The van der Waals surface area contributed by atoms with Crippen molar-refractivity contribution in [1.29, 1.82) is 0 Å². The fraction of sp³-hybridized carbons (Fsp3) is 0.280. The van der Waals surface area contributed by atoms with Gasteiger partial charge >= 0.3 is 0 Å². The predicted octanol–water partition coefficient (Wildman–Crippen LogP) is 21.1. The zero-order valence-electron chi connectivity index (χ0n) is 70.6. The van der Waals surface area contributed by atoms with Gasteiger partial charge in [0.05, 0.1) is 53.2 Å². The molecule has 0 saturated carbocycles. The lowest BCUT2D eigenvalue weighted by molar-refractivity contribution is -0.139. The van der Waals surface area contributed by atoms with Crippen LogP contribution in [-0.2, 0) is 47.9 Å². The molecule has 0 spiro atoms. The summed E-state index contributed by atoms with van der Waals surface area (Å²) in [4.78, 5) is 79.5. The van der Waals surface area contributed by atoms with Crippen LogP contribution < -0.4 is 25.7 Å². The molecule has 15 aromatic rings. The van der Waals surface area contributed by atoms with E-state index in [1.807, 2.05) is 132 Å². The molecule has 120 heavy (non-hydrogen) atoms. The number of fused-ring (bicyclic) bond motifs is 3. The van der Waals surface area contributed by atoms with Crippen molar-refractivity contribution in [1.82, 2.24) is 44.9 Å². The van der Waals surface area contributed by atoms with Gasteiger partial charge in [0, 0.05) is 118 Å². The van der Waals surface area contributed by atoms with E-state index in [0.29, 0.717) is 25.6 Å². The molecule has 0 radical (unpaired) electrons. The van der Waals surface area contributed by atoms with Crippen LogP contribution in [0.2, 0.25) is 0 Å². The van der Waals surface area contributed by atoms with Gasteiger partial charge in [-0.15, -0.1) is 0 Å². The van der Waals surface area contributed by atoms with Crippen molar-refractivity contribution < 1.29 is 42.8 Å². The number of hydrogen-bond acceptors (Lipinski definition) is 20. The number of nitrogens with two attached hydrogens (primary N) is 2. The van der Waals surface area contributed by atoms with Gasteiger partial charge in [0.15, 0.2) is 17.3 Å². The van der Waals surface area contributed by atoms with E-state index in [1.165, 1.54) is 23.0 Å². The number of carbonyl (C=O) groups is 3. The van der Waals surface area contributed by atoms with Crippen molar-refractivity contribution >= 4 is 94.1 Å². The van der Waals surface area contributed by atoms with Crippen LogP contribution in [0.4, 0.5) is 11.8 Å². The van der Waals surface area contributed by atoms with E-state index in [2.05, 4.69) is 140 Å². The summed E-state index contributed by atoms with van der Waals surface area (Å²) >= 11 is 0. The largest absolute Gasteiger partial charge is 0.493 e. The SMILES string of the molecule is CC(=O)[C@@H](OC(C)(C)C)c1c(C)cc2cc(-c3cnc(N)nc3)ccc2c1-c1ccc2c3c(ccnc13)CCO2.CC(=O)[C@@H](OC(C)(C)C)c1c(C)cc2cc(-c3cncnc3C)ccc2c1-c1ccc2c3c(ccnc13)CCO2.CC(=O)[C@@H](OC(C)(C)C)c1c(C)cc2cc(-c3cncnc3N)ccc2c1-c1ccc2c3c(ccnc13)CCO2. The summed E-state index contributed by atoms with van der Waals surface area (Å²) < 4.78 is 37.4. The van der Waals surface area contributed by atoms with Crippen molar-refractivity contribution in [3.63, 3.8) is 0 Å². The monoisotopic (exact) mass is 1600 g/mol. The third-order valence-electron chi connectivity index (χ3n) is 22.3. The number of ether oxygens (including phenoxy) is 6. The predicted molar refractivity (Wildman–Crippen MR) is 475 cm³/mol. The number of nitrogen functional groups attached to an aromatic ring is 2. The highest BCUT2D eigenvalue weighted by molar-refractivity contribution is 6.13. The minimum absolute atomic E-state index is 0.0358. The number of carbonyl (C=O) groups excluding carboxylic acids is 3. The first-order chi connectivity index (χ1) is 57.3. The number of Topliss-reactive ketones (excluding diaryl/α,β-unsaturated/α-hetero) is 3. The fourth-order valence-corrected chi connectivity index (χ4v) is 17.2. The van der Waals surface area contributed by atoms with Crippen molar-refractivity contribution in [2.24, 2.45) is 0 Å². The second kappa shape index (κ2) is 32.1. The Labute approximate surface area is 697 Å². The highest BCUT2D eigenvalue weighted by Crippen LogP contribution is 2.51. The quantitative estimate of drug-likeness (QED) is 0.0965. The topological polar surface area (TPSA) is 275 Å². The molecule has 0 aliphatic carbocycles. The maximum Gasteiger partial charge on any atom is 0.219 e. The van der Waals surface area contributed by atoms with E-state index >= 15 is 0 Å². The summed E-state index contributed by atoms with van der Waals surface area (Å²) in [5.41, 5.74) is 34.2. The maximum absolute atomic E-state index is 13.2. The Morgan fingerprint density at radius 3 is 1.07 bits per heavy atom. The maximum atomic E-state index is 13.2. The van der Waals surface area contributed by atoms with Crippen LogP contribution in [0.5, 0.6) is 17.2 Å². The number of pyridine rings is 3. The molecular weight excluding hydrogens is 1500 g/mol. The van der Waals surface area contributed by atoms with E-state index < -0.39 is 35.1 Å². The normalized spacial score (nSPS) is 13.8. The van der Waals surface area contributed by atoms with Gasteiger partial charge in [0.1, 0.15) is 54.0 Å². The summed E-state index contributed by atoms with van der Waals surface area (Å²) in [5, 5.41) is 9.20. The van der Waals surface area contributed by atoms with Crippen molar-refractivity contribution in [2.75, 3.05) is 31.3 Å². The van der Waals surface area contributed by atoms with Gasteiger partial charge in [0.25, 0.3) is 0 Å². The second-order valence-corrected chi connectivity index (χ2v) is 34.3. The standard InChI is InChI=1S/C34H33N3O3.2C33H32N4O3/c1-19-15-24-16-23(27-17-35-18-37-20(27)2)7-8-25(24)31(29(19)33(21(3)38)40-34(4,5)6)26-9-10-28-30-22(12-14-39-28)11-13-36-32(26)30;1-18-14-22-15-21(23-16-36-32(34)37-17-23)6-7-24(22)29(27(18)31(19(2)38)40-33(3,4)5)25-8-9-26-28-20(11-13-39-26)10-12-35-30(25)28;1-18-14-22-15-21(25-16-35-17-37-32(25)34)6-7-23(22)29(27(18)31(19(2)38)40-33(3,4)5)24-8-9-26-28-20(11-13-39-26)10-12-36-30(24)28/h7-11,13,15-18,33H,12,14H2,1-6H3;6-10,12,14-17,31H,11,13H2,1-5H3,(H2,34,36,37);6-10,12,14-17,31H,11,13H2,1-5H3,(H2,34,35,37)/t33-;2*31-/m111/s1. The van der Waals surface area contributed by atoms with E-state index in [0.717, 1.165) is 207 Å². The van der Waals surface area contributed by atoms with Gasteiger partial charge < -0.3 is 39.9 Å². The lowest BCUT2D eigenvalue weighted by atomic mass is 9.84. The van der Waals surface area contributed by atoms with E-state index in [1.54, 1.807) is 45.7 Å². The van der Waals surface area contributed by atoms with Crippen molar-refractivity contribution in [3.05, 3.63) is 239 Å². The Kier molecular flexibility index (Phi) is 21.6. The van der Waals surface area contributed by atoms with Gasteiger partial charge in [0.2, 0.25) is 5.95 Å². The van der Waals surface area contributed by atoms with Crippen LogP contribution in [0, 0.1) is 27.7 Å². The Bertz CT molecular complexity index is 6370. The van der Waals surface area contributed by atoms with Gasteiger partial charge in [-0.05, 0) is 299 Å². The average molecular weight is 1600 g/mol. The molecule has 18 rings (SSSR count). The summed E-state index contributed by atoms with van der Waals surface area (Å²) in [6.07, 6.45) is 15.9. The molecule has 3 aliphatic rings. The molecule has 9 heterocycles. The molecule has 6 aromatic heterocycles. The second-order valence-electron chi connectivity index (χ2n) is 34.3. The Balaban J connectivity index is 0.000000134. The first-order valence-electron chi connectivity index (χ1n) is 40.6. The highest BCUT2D eigenvalue weighted by Gasteiger charge is 2.36. The number of benzene rings is 9. The van der Waals surface area contributed by atoms with Crippen LogP contribution in [-0.4, -0.2) is 98.8 Å². The van der Waals surface area contributed by atoms with Crippen LogP contribution in [0.1, 0.15) is 157 Å². The van der Waals surface area contributed by atoms with Gasteiger partial charge in [-0.25, -0.2) is 29.9 Å². The molecule has 0 saturated heterocycles. The minimum Gasteiger partial charge on any atom is -0.493 e. The molecule has 3 aliphatic heterocycles. The summed E-state index contributed by atoms with van der Waals surface area (Å²) in [6, 6.07) is 43.7. The van der Waals surface area contributed by atoms with Gasteiger partial charge in [-0.2, -0.15) is 0 Å². The van der Waals surface area contributed by atoms with Crippen LogP contribution in [0.3, 0.4) is 0 Å². The van der Waals surface area contributed by atoms with E-state index in [9.17, 15) is 14.4 Å². The van der Waals surface area contributed by atoms with Crippen molar-refractivity contribution in [3.8, 4) is 84.0 Å². The van der Waals surface area contributed by atoms with Crippen LogP contribution >= 0.6 is 0 Å². The van der Waals surface area contributed by atoms with E-state index in [-0.39, 0.29) is 23.3 Å². The molecule has 606 valence electrons. The fourth-order valence-electron chi connectivity index (χ4n) is 17.2. The lowest BCUT2D eigenvalue weighted by Crippen LogP contribution is -2.27. The molecule has 3 atom stereocenters. The summed E-state index contributed by atoms with van der Waals surface area (Å²) in [5.74, 6) is 3.05.